The number of thioether (sulfide) groups is 1. The first kappa shape index (κ1) is 15.7. The molecular formula is C21H15NO2S. The maximum atomic E-state index is 12.8. The van der Waals surface area contributed by atoms with E-state index in [1.165, 1.54) is 4.90 Å². The first-order valence-electron chi connectivity index (χ1n) is 7.96. The van der Waals surface area contributed by atoms with Crippen LogP contribution in [0, 0.1) is 6.92 Å². The average Bonchev–Trinajstić information content (AvgIpc) is 2.89. The van der Waals surface area contributed by atoms with Crippen LogP contribution in [0.2, 0.25) is 0 Å². The number of amides is 2. The topological polar surface area (TPSA) is 37.4 Å². The Bertz CT molecular complexity index is 1030. The zero-order valence-corrected chi connectivity index (χ0v) is 14.4. The van der Waals surface area contributed by atoms with Crippen molar-refractivity contribution in [3.63, 3.8) is 0 Å². The highest BCUT2D eigenvalue weighted by molar-refractivity contribution is 8.19. The molecule has 3 nitrogen and oxygen atoms in total. The van der Waals surface area contributed by atoms with Crippen LogP contribution in [0.4, 0.5) is 10.5 Å². The molecule has 122 valence electrons. The summed E-state index contributed by atoms with van der Waals surface area (Å²) in [4.78, 5) is 26.9. The maximum Gasteiger partial charge on any atom is 0.298 e. The second-order valence-corrected chi connectivity index (χ2v) is 6.92. The van der Waals surface area contributed by atoms with E-state index in [0.29, 0.717) is 10.6 Å². The monoisotopic (exact) mass is 345 g/mol. The molecule has 0 N–H and O–H groups in total. The van der Waals surface area contributed by atoms with E-state index >= 15 is 0 Å². The van der Waals surface area contributed by atoms with E-state index in [4.69, 9.17) is 0 Å². The van der Waals surface area contributed by atoms with Gasteiger partial charge in [0.2, 0.25) is 0 Å². The highest BCUT2D eigenvalue weighted by Crippen LogP contribution is 2.36. The van der Waals surface area contributed by atoms with Gasteiger partial charge in [0.25, 0.3) is 11.1 Å². The minimum Gasteiger partial charge on any atom is -0.268 e. The third-order valence-corrected chi connectivity index (χ3v) is 5.03. The van der Waals surface area contributed by atoms with Crippen LogP contribution in [0.1, 0.15) is 11.1 Å². The van der Waals surface area contributed by atoms with Gasteiger partial charge in [-0.25, -0.2) is 4.90 Å². The summed E-state index contributed by atoms with van der Waals surface area (Å²) >= 11 is 0.984. The molecule has 0 aromatic heterocycles. The van der Waals surface area contributed by atoms with Crippen LogP contribution >= 0.6 is 11.8 Å². The molecule has 0 saturated carbocycles. The molecule has 0 unspecified atom stereocenters. The molecule has 25 heavy (non-hydrogen) atoms. The molecular weight excluding hydrogens is 330 g/mol. The van der Waals surface area contributed by atoms with E-state index in [0.717, 1.165) is 33.7 Å². The number of rotatable bonds is 2. The summed E-state index contributed by atoms with van der Waals surface area (Å²) in [6, 6.07) is 21.4. The van der Waals surface area contributed by atoms with E-state index in [1.54, 1.807) is 6.07 Å². The van der Waals surface area contributed by atoms with E-state index in [1.807, 2.05) is 73.7 Å². The third-order valence-electron chi connectivity index (χ3n) is 4.16. The number of anilines is 1. The van der Waals surface area contributed by atoms with Crippen molar-refractivity contribution in [3.05, 3.63) is 82.8 Å². The Kier molecular flexibility index (Phi) is 3.90. The Balaban J connectivity index is 1.75. The zero-order valence-electron chi connectivity index (χ0n) is 13.6. The molecule has 2 amide bonds. The summed E-state index contributed by atoms with van der Waals surface area (Å²) in [5, 5.41) is 1.91. The van der Waals surface area contributed by atoms with E-state index in [9.17, 15) is 9.59 Å². The zero-order chi connectivity index (χ0) is 17.4. The number of aryl methyl sites for hydroxylation is 1. The highest BCUT2D eigenvalue weighted by Gasteiger charge is 2.36. The fraction of sp³-hybridized carbons (Fsp3) is 0.0476. The summed E-state index contributed by atoms with van der Waals surface area (Å²) < 4.78 is 0. The van der Waals surface area contributed by atoms with E-state index < -0.39 is 0 Å². The number of benzene rings is 3. The van der Waals surface area contributed by atoms with Crippen molar-refractivity contribution in [1.82, 2.24) is 0 Å². The van der Waals surface area contributed by atoms with E-state index in [2.05, 4.69) is 0 Å². The van der Waals surface area contributed by atoms with Gasteiger partial charge in [-0.3, -0.25) is 9.59 Å². The Morgan fingerprint density at radius 1 is 0.920 bits per heavy atom. The maximum absolute atomic E-state index is 12.8. The summed E-state index contributed by atoms with van der Waals surface area (Å²) in [7, 11) is 0. The number of hydrogen-bond acceptors (Lipinski definition) is 3. The molecule has 0 bridgehead atoms. The van der Waals surface area contributed by atoms with Crippen LogP contribution in [-0.2, 0) is 4.79 Å². The first-order valence-corrected chi connectivity index (χ1v) is 8.77. The number of hydrogen-bond donors (Lipinski definition) is 0. The molecule has 1 heterocycles. The predicted molar refractivity (Wildman–Crippen MR) is 104 cm³/mol. The smallest absolute Gasteiger partial charge is 0.268 e. The fourth-order valence-electron chi connectivity index (χ4n) is 2.97. The van der Waals surface area contributed by atoms with E-state index in [-0.39, 0.29) is 11.1 Å². The molecule has 4 rings (SSSR count). The van der Waals surface area contributed by atoms with Gasteiger partial charge in [0.1, 0.15) is 0 Å². The van der Waals surface area contributed by atoms with Crippen molar-refractivity contribution in [3.8, 4) is 0 Å². The molecule has 0 aliphatic carbocycles. The van der Waals surface area contributed by atoms with Gasteiger partial charge < -0.3 is 0 Å². The summed E-state index contributed by atoms with van der Waals surface area (Å²) in [6.45, 7) is 1.94. The number of imide groups is 1. The second kappa shape index (κ2) is 6.22. The van der Waals surface area contributed by atoms with Crippen LogP contribution in [0.5, 0.6) is 0 Å². The number of carbonyl (C=O) groups is 2. The normalized spacial score (nSPS) is 16.2. The molecule has 1 aliphatic rings. The van der Waals surface area contributed by atoms with Crippen LogP contribution < -0.4 is 4.90 Å². The Labute approximate surface area is 150 Å². The van der Waals surface area contributed by atoms with Crippen LogP contribution in [-0.4, -0.2) is 11.1 Å². The van der Waals surface area contributed by atoms with Crippen LogP contribution in [0.25, 0.3) is 16.8 Å². The van der Waals surface area contributed by atoms with Crippen molar-refractivity contribution >= 4 is 45.4 Å². The molecule has 0 atom stereocenters. The van der Waals surface area contributed by atoms with Gasteiger partial charge in [-0.15, -0.1) is 0 Å². The van der Waals surface area contributed by atoms with Gasteiger partial charge in [-0.2, -0.15) is 0 Å². The summed E-state index contributed by atoms with van der Waals surface area (Å²) in [6.07, 6.45) is 1.81. The van der Waals surface area contributed by atoms with Gasteiger partial charge in [-0.1, -0.05) is 54.6 Å². The van der Waals surface area contributed by atoms with Crippen molar-refractivity contribution < 1.29 is 9.59 Å². The van der Waals surface area contributed by atoms with Gasteiger partial charge >= 0.3 is 0 Å². The lowest BCUT2D eigenvalue weighted by atomic mass is 10.0. The molecule has 1 aliphatic heterocycles. The number of nitrogens with zero attached hydrogens (tertiary/aromatic N) is 1. The molecule has 1 fully saturated rings. The SMILES string of the molecule is Cc1cccc(N2C(=O)S/C(=C\c3cccc4ccccc34)C2=O)c1. The lowest BCUT2D eigenvalue weighted by Crippen LogP contribution is -2.27. The second-order valence-electron chi connectivity index (χ2n) is 5.92. The molecule has 0 radical (unpaired) electrons. The van der Waals surface area contributed by atoms with Crippen molar-refractivity contribution in [1.29, 1.82) is 0 Å². The molecule has 4 heteroatoms. The Morgan fingerprint density at radius 2 is 1.68 bits per heavy atom. The number of fused-ring (bicyclic) bond motifs is 1. The first-order chi connectivity index (χ1) is 12.1. The Hall–Kier alpha value is -2.85. The van der Waals surface area contributed by atoms with Gasteiger partial charge in [0.05, 0.1) is 10.6 Å². The lowest BCUT2D eigenvalue weighted by molar-refractivity contribution is -0.113. The molecule has 3 aromatic carbocycles. The predicted octanol–water partition coefficient (Wildman–Crippen LogP) is 5.39. The fourth-order valence-corrected chi connectivity index (χ4v) is 3.81. The van der Waals surface area contributed by atoms with Crippen LogP contribution in [0.3, 0.4) is 0 Å². The highest BCUT2D eigenvalue weighted by atomic mass is 32.2. The molecule has 3 aromatic rings. The largest absolute Gasteiger partial charge is 0.298 e. The standard InChI is InChI=1S/C21H15NO2S/c1-14-6-4-10-17(12-14)22-20(23)19(25-21(22)24)13-16-9-5-8-15-7-2-3-11-18(15)16/h2-13H,1H3/b19-13-. The molecule has 1 saturated heterocycles. The van der Waals surface area contributed by atoms with Gasteiger partial charge in [-0.05, 0) is 58.8 Å². The minimum atomic E-state index is -0.270. The molecule has 0 spiro atoms. The van der Waals surface area contributed by atoms with Crippen molar-refractivity contribution in [2.24, 2.45) is 0 Å². The van der Waals surface area contributed by atoms with Gasteiger partial charge in [0, 0.05) is 0 Å². The van der Waals surface area contributed by atoms with Crippen LogP contribution in [0.15, 0.2) is 71.6 Å². The number of carbonyl (C=O) groups excluding carboxylic acids is 2. The lowest BCUT2D eigenvalue weighted by Gasteiger charge is -2.12. The minimum absolute atomic E-state index is 0.262. The quantitative estimate of drug-likeness (QED) is 0.584. The van der Waals surface area contributed by atoms with Crippen molar-refractivity contribution in [2.45, 2.75) is 6.92 Å². The third kappa shape index (κ3) is 2.85. The van der Waals surface area contributed by atoms with Crippen molar-refractivity contribution in [2.75, 3.05) is 4.90 Å². The average molecular weight is 345 g/mol. The summed E-state index contributed by atoms with van der Waals surface area (Å²) in [5.74, 6) is -0.270. The Morgan fingerprint density at radius 3 is 2.52 bits per heavy atom. The summed E-state index contributed by atoms with van der Waals surface area (Å²) in [5.41, 5.74) is 2.56. The van der Waals surface area contributed by atoms with Gasteiger partial charge in [0.15, 0.2) is 0 Å².